The molecule has 0 radical (unpaired) electrons. The number of carbonyl (C=O) groups excluding carboxylic acids is 1. The van der Waals surface area contributed by atoms with Gasteiger partial charge in [-0.05, 0) is 94.3 Å². The van der Waals surface area contributed by atoms with Crippen molar-refractivity contribution in [1.29, 1.82) is 0 Å². The number of nitrogens with one attached hydrogen (secondary N) is 1. The smallest absolute Gasteiger partial charge is 0.264 e. The normalized spacial score (nSPS) is 11.6. The summed E-state index contributed by atoms with van der Waals surface area (Å²) in [5, 5.41) is 4.49. The first-order valence-corrected chi connectivity index (χ1v) is 14.2. The molecule has 0 atom stereocenters. The second-order valence-electron chi connectivity index (χ2n) is 9.61. The van der Waals surface area contributed by atoms with E-state index in [4.69, 9.17) is 11.6 Å². The number of carbonyl (C=O) groups is 1. The molecule has 0 fully saturated rings. The maximum Gasteiger partial charge on any atom is 0.264 e. The molecule has 0 unspecified atom stereocenters. The number of halogens is 1. The third kappa shape index (κ3) is 6.41. The molecule has 202 valence electrons. The molecule has 0 saturated carbocycles. The summed E-state index contributed by atoms with van der Waals surface area (Å²) in [7, 11) is -4.05. The number of nitrogens with zero attached hydrogens (tertiary/aromatic N) is 3. The molecule has 1 aromatic heterocycles. The molecule has 0 spiro atoms. The van der Waals surface area contributed by atoms with Gasteiger partial charge in [-0.15, -0.1) is 0 Å². The summed E-state index contributed by atoms with van der Waals surface area (Å²) in [4.78, 5) is 13.0. The van der Waals surface area contributed by atoms with E-state index in [1.807, 2.05) is 26.8 Å². The van der Waals surface area contributed by atoms with Crippen LogP contribution in [0.4, 0.5) is 5.69 Å². The largest absolute Gasteiger partial charge is 0.318 e. The van der Waals surface area contributed by atoms with E-state index < -0.39 is 22.5 Å². The Balaban J connectivity index is 1.56. The highest BCUT2D eigenvalue weighted by molar-refractivity contribution is 7.92. The van der Waals surface area contributed by atoms with E-state index in [2.05, 4.69) is 47.1 Å². The number of rotatable bonds is 8. The Hall–Kier alpha value is -3.88. The molecule has 1 N–H and O–H groups in total. The zero-order chi connectivity index (χ0) is 28.3. The lowest BCUT2D eigenvalue weighted by Crippen LogP contribution is -2.39. The van der Waals surface area contributed by atoms with Gasteiger partial charge < -0.3 is 4.57 Å². The molecule has 1 heterocycles. The van der Waals surface area contributed by atoms with Crippen LogP contribution in [0.5, 0.6) is 0 Å². The zero-order valence-corrected chi connectivity index (χ0v) is 24.1. The van der Waals surface area contributed by atoms with Crippen molar-refractivity contribution in [2.75, 3.05) is 10.8 Å². The van der Waals surface area contributed by atoms with Crippen molar-refractivity contribution in [1.82, 2.24) is 9.99 Å². The topological polar surface area (TPSA) is 83.8 Å². The van der Waals surface area contributed by atoms with Crippen molar-refractivity contribution in [2.45, 2.75) is 39.5 Å². The Morgan fingerprint density at radius 1 is 0.923 bits per heavy atom. The number of hydrogen-bond acceptors (Lipinski definition) is 4. The van der Waals surface area contributed by atoms with Gasteiger partial charge in [-0.3, -0.25) is 9.10 Å². The Labute approximate surface area is 234 Å². The van der Waals surface area contributed by atoms with Crippen molar-refractivity contribution < 1.29 is 13.2 Å². The van der Waals surface area contributed by atoms with Gasteiger partial charge in [0.05, 0.1) is 16.8 Å². The van der Waals surface area contributed by atoms with Crippen molar-refractivity contribution >= 4 is 39.4 Å². The third-order valence-corrected chi connectivity index (χ3v) is 8.34. The molecule has 3 aromatic carbocycles. The predicted molar refractivity (Wildman–Crippen MR) is 158 cm³/mol. The number of amides is 1. The molecule has 4 rings (SSSR count). The summed E-state index contributed by atoms with van der Waals surface area (Å²) in [6.45, 7) is 9.52. The highest BCUT2D eigenvalue weighted by Crippen LogP contribution is 2.26. The van der Waals surface area contributed by atoms with Gasteiger partial charge in [-0.2, -0.15) is 5.10 Å². The second-order valence-corrected chi connectivity index (χ2v) is 11.9. The minimum Gasteiger partial charge on any atom is -0.318 e. The minimum absolute atomic E-state index is 0.0724. The standard InChI is InChI=1S/C30H31ClN4O3S/c1-20-9-11-29(12-10-20)39(37,38)34(27-8-6-7-26(31)17-27)19-30(36)33-32-18-25-16-23(4)35(24(25)5)28-14-21(2)13-22(3)15-28/h6-18H,19H2,1-5H3,(H,33,36)/b32-18-. The van der Waals surface area contributed by atoms with Crippen LogP contribution < -0.4 is 9.73 Å². The molecular weight excluding hydrogens is 532 g/mol. The highest BCUT2D eigenvalue weighted by Gasteiger charge is 2.27. The van der Waals surface area contributed by atoms with Crippen LogP contribution in [0.3, 0.4) is 0 Å². The van der Waals surface area contributed by atoms with Crippen LogP contribution in [0.1, 0.15) is 33.6 Å². The van der Waals surface area contributed by atoms with Gasteiger partial charge in [0.25, 0.3) is 15.9 Å². The fourth-order valence-corrected chi connectivity index (χ4v) is 6.12. The van der Waals surface area contributed by atoms with Crippen molar-refractivity contribution in [3.05, 3.63) is 111 Å². The number of hydrazone groups is 1. The third-order valence-electron chi connectivity index (χ3n) is 6.32. The number of sulfonamides is 1. The summed E-state index contributed by atoms with van der Waals surface area (Å²) < 4.78 is 30.2. The van der Waals surface area contributed by atoms with E-state index in [1.54, 1.807) is 36.5 Å². The number of benzene rings is 3. The quantitative estimate of drug-likeness (QED) is 0.210. The van der Waals surface area contributed by atoms with Gasteiger partial charge in [0.2, 0.25) is 0 Å². The van der Waals surface area contributed by atoms with Crippen LogP contribution in [0.15, 0.2) is 82.8 Å². The van der Waals surface area contributed by atoms with Crippen molar-refractivity contribution in [3.63, 3.8) is 0 Å². The van der Waals surface area contributed by atoms with Gasteiger partial charge >= 0.3 is 0 Å². The first kappa shape index (κ1) is 28.1. The molecule has 9 heteroatoms. The fourth-order valence-electron chi connectivity index (χ4n) is 4.52. The Morgan fingerprint density at radius 2 is 1.59 bits per heavy atom. The average molecular weight is 563 g/mol. The molecule has 39 heavy (non-hydrogen) atoms. The highest BCUT2D eigenvalue weighted by atomic mass is 35.5. The first-order chi connectivity index (χ1) is 18.5. The predicted octanol–water partition coefficient (Wildman–Crippen LogP) is 6.02. The Bertz CT molecular complexity index is 1640. The summed E-state index contributed by atoms with van der Waals surface area (Å²) >= 11 is 6.14. The maximum atomic E-state index is 13.5. The summed E-state index contributed by atoms with van der Waals surface area (Å²) in [5.41, 5.74) is 9.92. The van der Waals surface area contributed by atoms with Gasteiger partial charge in [-0.25, -0.2) is 13.8 Å². The number of hydrogen-bond donors (Lipinski definition) is 1. The molecule has 0 saturated heterocycles. The van der Waals surface area contributed by atoms with E-state index in [9.17, 15) is 13.2 Å². The Kier molecular flexibility index (Phi) is 8.28. The summed E-state index contributed by atoms with van der Waals surface area (Å²) in [6, 6.07) is 21.2. The SMILES string of the molecule is Cc1ccc(S(=O)(=O)N(CC(=O)N/N=C\c2cc(C)n(-c3cc(C)cc(C)c3)c2C)c2cccc(Cl)c2)cc1. The monoisotopic (exact) mass is 562 g/mol. The van der Waals surface area contributed by atoms with Crippen LogP contribution in [-0.2, 0) is 14.8 Å². The zero-order valence-electron chi connectivity index (χ0n) is 22.6. The van der Waals surface area contributed by atoms with Crippen molar-refractivity contribution in [3.8, 4) is 5.69 Å². The van der Waals surface area contributed by atoms with E-state index in [0.29, 0.717) is 5.02 Å². The van der Waals surface area contributed by atoms with E-state index in [1.165, 1.54) is 29.3 Å². The number of aromatic nitrogens is 1. The van der Waals surface area contributed by atoms with Crippen LogP contribution in [0.25, 0.3) is 5.69 Å². The van der Waals surface area contributed by atoms with Crippen LogP contribution in [-0.4, -0.2) is 31.7 Å². The molecule has 1 amide bonds. The van der Waals surface area contributed by atoms with Crippen LogP contribution in [0, 0.1) is 34.6 Å². The molecule has 4 aromatic rings. The van der Waals surface area contributed by atoms with E-state index >= 15 is 0 Å². The molecule has 7 nitrogen and oxygen atoms in total. The fraction of sp³-hybridized carbons (Fsp3) is 0.200. The maximum absolute atomic E-state index is 13.5. The van der Waals surface area contributed by atoms with Gasteiger partial charge in [0.15, 0.2) is 0 Å². The minimum atomic E-state index is -4.05. The summed E-state index contributed by atoms with van der Waals surface area (Å²) in [5.74, 6) is -0.593. The van der Waals surface area contributed by atoms with Gasteiger partial charge in [0.1, 0.15) is 6.54 Å². The molecular formula is C30H31ClN4O3S. The Morgan fingerprint density at radius 3 is 2.23 bits per heavy atom. The number of anilines is 1. The van der Waals surface area contributed by atoms with E-state index in [-0.39, 0.29) is 10.6 Å². The second kappa shape index (κ2) is 11.5. The molecule has 0 aliphatic heterocycles. The average Bonchev–Trinajstić information content (AvgIpc) is 3.14. The first-order valence-electron chi connectivity index (χ1n) is 12.4. The summed E-state index contributed by atoms with van der Waals surface area (Å²) in [6.07, 6.45) is 1.57. The van der Waals surface area contributed by atoms with Gasteiger partial charge in [-0.1, -0.05) is 41.4 Å². The van der Waals surface area contributed by atoms with Crippen LogP contribution >= 0.6 is 11.6 Å². The lowest BCUT2D eigenvalue weighted by Gasteiger charge is -2.24. The molecule has 0 aliphatic carbocycles. The van der Waals surface area contributed by atoms with Crippen molar-refractivity contribution in [2.24, 2.45) is 5.10 Å². The lowest BCUT2D eigenvalue weighted by atomic mass is 10.1. The van der Waals surface area contributed by atoms with E-state index in [0.717, 1.165) is 32.5 Å². The molecule has 0 aliphatic rings. The lowest BCUT2D eigenvalue weighted by molar-refractivity contribution is -0.119. The van der Waals surface area contributed by atoms with Crippen LogP contribution in [0.2, 0.25) is 5.02 Å². The number of aryl methyl sites for hydroxylation is 4. The van der Waals surface area contributed by atoms with Gasteiger partial charge in [0, 0.05) is 27.7 Å². The molecule has 0 bridgehead atoms.